The topological polar surface area (TPSA) is 79.4 Å². The van der Waals surface area contributed by atoms with Gasteiger partial charge in [0.05, 0.1) is 22.3 Å². The lowest BCUT2D eigenvalue weighted by atomic mass is 9.97. The van der Waals surface area contributed by atoms with Gasteiger partial charge in [0.1, 0.15) is 5.56 Å². The minimum Gasteiger partial charge on any atom is -0.455 e. The van der Waals surface area contributed by atoms with E-state index in [1.54, 1.807) is 24.3 Å². The van der Waals surface area contributed by atoms with Crippen molar-refractivity contribution in [2.75, 3.05) is 23.5 Å². The number of carbonyl (C=O) groups excluding carboxylic acids is 1. The summed E-state index contributed by atoms with van der Waals surface area (Å²) in [5.41, 5.74) is 1.51. The monoisotopic (exact) mass is 477 g/mol. The third kappa shape index (κ3) is 3.62. The van der Waals surface area contributed by atoms with Crippen molar-refractivity contribution in [3.8, 4) is 5.88 Å². The Labute approximate surface area is 191 Å². The van der Waals surface area contributed by atoms with Crippen LogP contribution in [0.15, 0.2) is 42.6 Å². The van der Waals surface area contributed by atoms with Crippen LogP contribution in [0.4, 0.5) is 26.1 Å². The number of halogens is 4. The fourth-order valence-electron chi connectivity index (χ4n) is 3.68. The van der Waals surface area contributed by atoms with Crippen molar-refractivity contribution in [3.05, 3.63) is 69.3 Å². The Morgan fingerprint density at radius 1 is 1.19 bits per heavy atom. The molecule has 32 heavy (non-hydrogen) atoms. The first kappa shape index (κ1) is 20.9. The highest BCUT2D eigenvalue weighted by Crippen LogP contribution is 2.37. The van der Waals surface area contributed by atoms with Crippen LogP contribution in [0.25, 0.3) is 0 Å². The molecule has 7 nitrogen and oxygen atoms in total. The van der Waals surface area contributed by atoms with Gasteiger partial charge in [-0.2, -0.15) is 13.8 Å². The molecule has 0 radical (unpaired) electrons. The maximum absolute atomic E-state index is 14.0. The van der Waals surface area contributed by atoms with Gasteiger partial charge in [-0.3, -0.25) is 9.69 Å². The maximum atomic E-state index is 14.0. The number of alkyl halides is 2. The van der Waals surface area contributed by atoms with Gasteiger partial charge in [-0.15, -0.1) is 0 Å². The van der Waals surface area contributed by atoms with Crippen LogP contribution in [0.1, 0.15) is 21.5 Å². The molecule has 0 saturated heterocycles. The zero-order chi connectivity index (χ0) is 22.5. The number of benzene rings is 2. The Morgan fingerprint density at radius 3 is 2.75 bits per heavy atom. The molecule has 2 aromatic carbocycles. The number of ether oxygens (including phenoxy) is 1. The summed E-state index contributed by atoms with van der Waals surface area (Å²) in [6, 6.07) is 9.47. The summed E-state index contributed by atoms with van der Waals surface area (Å²) in [4.78, 5) is 22.7. The summed E-state index contributed by atoms with van der Waals surface area (Å²) in [6.07, 6.45) is 1.33. The van der Waals surface area contributed by atoms with Crippen molar-refractivity contribution in [2.24, 2.45) is 0 Å². The molecule has 2 aliphatic rings. The molecule has 0 unspecified atom stereocenters. The van der Waals surface area contributed by atoms with Crippen molar-refractivity contribution in [1.82, 2.24) is 15.3 Å². The molecule has 0 fully saturated rings. The van der Waals surface area contributed by atoms with Crippen molar-refractivity contribution < 1.29 is 18.3 Å². The van der Waals surface area contributed by atoms with Gasteiger partial charge in [-0.05, 0) is 29.8 Å². The van der Waals surface area contributed by atoms with E-state index < -0.39 is 11.8 Å². The van der Waals surface area contributed by atoms with Gasteiger partial charge in [0, 0.05) is 24.0 Å². The number of hydrogen-bond acceptors (Lipinski definition) is 6. The molecule has 2 N–H and O–H groups in total. The average molecular weight is 478 g/mol. The van der Waals surface area contributed by atoms with Gasteiger partial charge >= 0.3 is 0 Å². The van der Waals surface area contributed by atoms with E-state index in [0.717, 1.165) is 0 Å². The van der Waals surface area contributed by atoms with Crippen LogP contribution in [0, 0.1) is 0 Å². The van der Waals surface area contributed by atoms with Crippen molar-refractivity contribution in [2.45, 2.75) is 12.5 Å². The van der Waals surface area contributed by atoms with Gasteiger partial charge in [0.2, 0.25) is 11.8 Å². The zero-order valence-electron chi connectivity index (χ0n) is 16.3. The predicted molar refractivity (Wildman–Crippen MR) is 116 cm³/mol. The first-order chi connectivity index (χ1) is 15.3. The van der Waals surface area contributed by atoms with E-state index in [4.69, 9.17) is 27.9 Å². The highest BCUT2D eigenvalue weighted by Gasteiger charge is 2.36. The predicted octanol–water partition coefficient (Wildman–Crippen LogP) is 4.72. The third-order valence-electron chi connectivity index (χ3n) is 5.19. The normalized spacial score (nSPS) is 16.8. The maximum Gasteiger partial charge on any atom is 0.285 e. The lowest BCUT2D eigenvalue weighted by molar-refractivity contribution is -0.0107. The molecular formula is C21H15Cl2F2N5O2. The summed E-state index contributed by atoms with van der Waals surface area (Å²) in [7, 11) is 0. The van der Waals surface area contributed by atoms with E-state index in [9.17, 15) is 13.6 Å². The molecule has 0 bridgehead atoms. The van der Waals surface area contributed by atoms with Crippen LogP contribution in [0.3, 0.4) is 0 Å². The molecule has 2 aliphatic heterocycles. The van der Waals surface area contributed by atoms with Gasteiger partial charge < -0.3 is 15.4 Å². The lowest BCUT2D eigenvalue weighted by Crippen LogP contribution is -2.39. The molecule has 5 rings (SSSR count). The smallest absolute Gasteiger partial charge is 0.285 e. The second-order valence-corrected chi connectivity index (χ2v) is 8.11. The molecule has 164 valence electrons. The summed E-state index contributed by atoms with van der Waals surface area (Å²) in [5.74, 6) is -3.07. The highest BCUT2D eigenvalue weighted by molar-refractivity contribution is 6.40. The third-order valence-corrected chi connectivity index (χ3v) is 5.80. The van der Waals surface area contributed by atoms with Crippen molar-refractivity contribution in [3.63, 3.8) is 0 Å². The van der Waals surface area contributed by atoms with Gasteiger partial charge in [-0.1, -0.05) is 35.3 Å². The number of nitrogens with zero attached hydrogens (tertiary/aromatic N) is 3. The second kappa shape index (κ2) is 7.84. The Morgan fingerprint density at radius 2 is 1.97 bits per heavy atom. The number of fused-ring (bicyclic) bond motifs is 2. The Balaban J connectivity index is 1.40. The van der Waals surface area contributed by atoms with Crippen molar-refractivity contribution in [1.29, 1.82) is 0 Å². The first-order valence-electron chi connectivity index (χ1n) is 9.58. The van der Waals surface area contributed by atoms with Gasteiger partial charge in [0.25, 0.3) is 11.8 Å². The Hall–Kier alpha value is -3.01. The lowest BCUT2D eigenvalue weighted by Gasteiger charge is -2.29. The van der Waals surface area contributed by atoms with Crippen LogP contribution < -0.4 is 20.3 Å². The van der Waals surface area contributed by atoms with Crippen LogP contribution in [-0.2, 0) is 12.5 Å². The number of anilines is 3. The molecule has 0 atom stereocenters. The minimum atomic E-state index is -2.92. The summed E-state index contributed by atoms with van der Waals surface area (Å²) >= 11 is 12.4. The van der Waals surface area contributed by atoms with E-state index >= 15 is 0 Å². The second-order valence-electron chi connectivity index (χ2n) is 7.29. The van der Waals surface area contributed by atoms with E-state index in [2.05, 4.69) is 20.6 Å². The number of amides is 1. The van der Waals surface area contributed by atoms with E-state index in [1.165, 1.54) is 23.2 Å². The molecule has 3 heterocycles. The van der Waals surface area contributed by atoms with Gasteiger partial charge in [-0.25, -0.2) is 4.98 Å². The molecule has 1 aromatic heterocycles. The van der Waals surface area contributed by atoms with Crippen molar-refractivity contribution >= 4 is 46.4 Å². The standard InChI is InChI=1S/C21H15Cl2F2N5O2/c22-15-2-1-3-16(23)17(15)30-10-32-18-13(19(30)31)8-27-20(29-18)28-12-4-5-14-11(6-12)7-26-9-21(14,24)25/h1-6,8,26H,7,9-10H2,(H,27,28,29). The molecular weight excluding hydrogens is 463 g/mol. The summed E-state index contributed by atoms with van der Waals surface area (Å²) in [5, 5.41) is 6.29. The first-order valence-corrected chi connectivity index (χ1v) is 10.3. The molecule has 0 saturated carbocycles. The highest BCUT2D eigenvalue weighted by atomic mass is 35.5. The largest absolute Gasteiger partial charge is 0.455 e. The Kier molecular flexibility index (Phi) is 5.11. The van der Waals surface area contributed by atoms with E-state index in [1.807, 2.05) is 0 Å². The molecule has 3 aromatic rings. The average Bonchev–Trinajstić information content (AvgIpc) is 2.75. The number of rotatable bonds is 3. The fourth-order valence-corrected chi connectivity index (χ4v) is 4.28. The number of carbonyl (C=O) groups is 1. The molecule has 0 spiro atoms. The minimum absolute atomic E-state index is 0.000384. The SMILES string of the molecule is O=C1c2cnc(Nc3ccc4c(c3)CNCC4(F)F)nc2OCN1c1c(Cl)cccc1Cl. The molecule has 11 heteroatoms. The zero-order valence-corrected chi connectivity index (χ0v) is 17.8. The molecule has 1 amide bonds. The fraction of sp³-hybridized carbons (Fsp3) is 0.190. The number of nitrogens with one attached hydrogen (secondary N) is 2. The number of para-hydroxylation sites is 1. The van der Waals surface area contributed by atoms with Crippen LogP contribution in [0.5, 0.6) is 5.88 Å². The van der Waals surface area contributed by atoms with Crippen LogP contribution >= 0.6 is 23.2 Å². The summed E-state index contributed by atoms with van der Waals surface area (Å²) < 4.78 is 33.7. The number of aromatic nitrogens is 2. The van der Waals surface area contributed by atoms with Gasteiger partial charge in [0.15, 0.2) is 6.73 Å². The summed E-state index contributed by atoms with van der Waals surface area (Å²) in [6.45, 7) is -0.183. The number of hydrogen-bond donors (Lipinski definition) is 2. The molecule has 0 aliphatic carbocycles. The van der Waals surface area contributed by atoms with Crippen LogP contribution in [-0.4, -0.2) is 29.2 Å². The van der Waals surface area contributed by atoms with E-state index in [-0.39, 0.29) is 36.2 Å². The van der Waals surface area contributed by atoms with E-state index in [0.29, 0.717) is 33.5 Å². The van der Waals surface area contributed by atoms with Crippen LogP contribution in [0.2, 0.25) is 10.0 Å². The Bertz CT molecular complexity index is 1220. The quantitative estimate of drug-likeness (QED) is 0.568.